The number of benzene rings is 1. The monoisotopic (exact) mass is 447 g/mol. The molecule has 7 nitrogen and oxygen atoms in total. The highest BCUT2D eigenvalue weighted by molar-refractivity contribution is 7.80. The van der Waals surface area contributed by atoms with Gasteiger partial charge in [-0.1, -0.05) is 37.8 Å². The zero-order valence-corrected chi connectivity index (χ0v) is 19.3. The second-order valence-electron chi connectivity index (χ2n) is 8.60. The van der Waals surface area contributed by atoms with Crippen molar-refractivity contribution in [3.8, 4) is 5.75 Å². The van der Waals surface area contributed by atoms with Gasteiger partial charge in [0.1, 0.15) is 5.75 Å². The number of nitrogens with zero attached hydrogens (tertiary/aromatic N) is 2. The van der Waals surface area contributed by atoms with E-state index in [0.717, 1.165) is 25.1 Å². The Balaban J connectivity index is 1.38. The standard InChI is InChI=1S/C23H37N5O2S/c24-22(29)28(26-23(31)25-20-10-3-1-4-11-20)15-8-16-30-21-12-7-9-19(17-21)18-27-13-5-2-6-14-27/h7,9,12,17,20H,1-6,8,10-11,13-16,18H2,(H2,24,29)(H2,25,26,31). The molecule has 2 aliphatic rings. The van der Waals surface area contributed by atoms with E-state index in [4.69, 9.17) is 22.7 Å². The van der Waals surface area contributed by atoms with Crippen LogP contribution in [0.5, 0.6) is 5.75 Å². The molecule has 1 heterocycles. The van der Waals surface area contributed by atoms with Crippen LogP contribution in [0.1, 0.15) is 63.4 Å². The Morgan fingerprint density at radius 1 is 1.16 bits per heavy atom. The Labute approximate surface area is 191 Å². The number of thiocarbonyl (C=S) groups is 1. The molecule has 2 amide bonds. The molecule has 1 aromatic carbocycles. The van der Waals surface area contributed by atoms with Crippen LogP contribution in [0, 0.1) is 0 Å². The van der Waals surface area contributed by atoms with E-state index in [1.165, 1.54) is 62.2 Å². The van der Waals surface area contributed by atoms with Crippen molar-refractivity contribution in [3.63, 3.8) is 0 Å². The van der Waals surface area contributed by atoms with Crippen LogP contribution in [-0.2, 0) is 6.54 Å². The maximum Gasteiger partial charge on any atom is 0.333 e. The zero-order valence-electron chi connectivity index (χ0n) is 18.5. The molecule has 0 bridgehead atoms. The third kappa shape index (κ3) is 8.53. The van der Waals surface area contributed by atoms with Gasteiger partial charge in [0.15, 0.2) is 5.11 Å². The third-order valence-electron chi connectivity index (χ3n) is 5.99. The van der Waals surface area contributed by atoms with Crippen LogP contribution < -0.4 is 21.2 Å². The van der Waals surface area contributed by atoms with E-state index in [9.17, 15) is 4.79 Å². The molecule has 0 unspecified atom stereocenters. The van der Waals surface area contributed by atoms with Gasteiger partial charge in [0.2, 0.25) is 0 Å². The molecule has 4 N–H and O–H groups in total. The van der Waals surface area contributed by atoms with Gasteiger partial charge in [-0.2, -0.15) is 0 Å². The topological polar surface area (TPSA) is 82.9 Å². The second kappa shape index (κ2) is 12.7. The van der Waals surface area contributed by atoms with Crippen LogP contribution in [0.25, 0.3) is 0 Å². The smallest absolute Gasteiger partial charge is 0.333 e. The number of nitrogens with two attached hydrogens (primary N) is 1. The molecule has 1 saturated heterocycles. The summed E-state index contributed by atoms with van der Waals surface area (Å²) in [6.07, 6.45) is 10.5. The number of amides is 2. The maximum absolute atomic E-state index is 11.8. The minimum Gasteiger partial charge on any atom is -0.494 e. The maximum atomic E-state index is 11.8. The number of hydrazine groups is 1. The highest BCUT2D eigenvalue weighted by Gasteiger charge is 2.16. The lowest BCUT2D eigenvalue weighted by molar-refractivity contribution is 0.188. The summed E-state index contributed by atoms with van der Waals surface area (Å²) in [5, 5.41) is 5.11. The molecule has 1 aliphatic carbocycles. The number of hydrogen-bond acceptors (Lipinski definition) is 4. The van der Waals surface area contributed by atoms with Gasteiger partial charge in [-0.25, -0.2) is 9.80 Å². The van der Waals surface area contributed by atoms with Gasteiger partial charge < -0.3 is 15.8 Å². The first-order chi connectivity index (χ1) is 15.1. The molecule has 1 aromatic rings. The number of ether oxygens (including phenoxy) is 1. The lowest BCUT2D eigenvalue weighted by Gasteiger charge is -2.28. The van der Waals surface area contributed by atoms with Gasteiger partial charge in [0.05, 0.1) is 6.61 Å². The molecule has 0 atom stereocenters. The quantitative estimate of drug-likeness (QED) is 0.321. The van der Waals surface area contributed by atoms with Gasteiger partial charge >= 0.3 is 6.03 Å². The van der Waals surface area contributed by atoms with Gasteiger partial charge in [0, 0.05) is 25.6 Å². The van der Waals surface area contributed by atoms with Crippen molar-refractivity contribution in [2.45, 2.75) is 70.4 Å². The summed E-state index contributed by atoms with van der Waals surface area (Å²) in [5.41, 5.74) is 9.72. The lowest BCUT2D eigenvalue weighted by atomic mass is 9.96. The molecule has 3 rings (SSSR count). The minimum atomic E-state index is -0.545. The van der Waals surface area contributed by atoms with Gasteiger partial charge in [-0.15, -0.1) is 0 Å². The molecular weight excluding hydrogens is 410 g/mol. The van der Waals surface area contributed by atoms with E-state index in [1.54, 1.807) is 0 Å². The zero-order chi connectivity index (χ0) is 21.9. The van der Waals surface area contributed by atoms with Crippen LogP contribution in [0.4, 0.5) is 4.79 Å². The van der Waals surface area contributed by atoms with Crippen LogP contribution in [0.15, 0.2) is 24.3 Å². The summed E-state index contributed by atoms with van der Waals surface area (Å²) in [5.74, 6) is 0.863. The SMILES string of the molecule is NC(=O)N(CCCOc1cccc(CN2CCCCC2)c1)NC(=S)NC1CCCCC1. The number of carbonyl (C=O) groups excluding carboxylic acids is 1. The fraction of sp³-hybridized carbons (Fsp3) is 0.652. The molecule has 1 saturated carbocycles. The molecule has 172 valence electrons. The van der Waals surface area contributed by atoms with E-state index in [1.807, 2.05) is 12.1 Å². The average Bonchev–Trinajstić information content (AvgIpc) is 2.77. The van der Waals surface area contributed by atoms with Crippen molar-refractivity contribution in [2.75, 3.05) is 26.2 Å². The number of urea groups is 1. The number of carbonyl (C=O) groups is 1. The summed E-state index contributed by atoms with van der Waals surface area (Å²) in [6, 6.07) is 8.12. The highest BCUT2D eigenvalue weighted by atomic mass is 32.1. The van der Waals surface area contributed by atoms with Crippen molar-refractivity contribution in [1.29, 1.82) is 0 Å². The van der Waals surface area contributed by atoms with E-state index >= 15 is 0 Å². The molecule has 1 aliphatic heterocycles. The molecule has 31 heavy (non-hydrogen) atoms. The lowest BCUT2D eigenvalue weighted by Crippen LogP contribution is -2.54. The molecule has 8 heteroatoms. The number of primary amides is 1. The van der Waals surface area contributed by atoms with Crippen molar-refractivity contribution in [3.05, 3.63) is 29.8 Å². The number of piperidine rings is 1. The third-order valence-corrected chi connectivity index (χ3v) is 6.20. The van der Waals surface area contributed by atoms with Crippen LogP contribution in [0.3, 0.4) is 0 Å². The van der Waals surface area contributed by atoms with Crippen LogP contribution in [-0.4, -0.2) is 53.3 Å². The fourth-order valence-electron chi connectivity index (χ4n) is 4.33. The Kier molecular flexibility index (Phi) is 9.68. The van der Waals surface area contributed by atoms with Crippen molar-refractivity contribution >= 4 is 23.4 Å². The molecule has 2 fully saturated rings. The first kappa shape index (κ1) is 23.6. The van der Waals surface area contributed by atoms with E-state index < -0.39 is 6.03 Å². The minimum absolute atomic E-state index is 0.379. The Bertz CT molecular complexity index is 705. The largest absolute Gasteiger partial charge is 0.494 e. The first-order valence-electron chi connectivity index (χ1n) is 11.7. The Morgan fingerprint density at radius 3 is 2.65 bits per heavy atom. The molecular formula is C23H37N5O2S. The number of likely N-dealkylation sites (tertiary alicyclic amines) is 1. The summed E-state index contributed by atoms with van der Waals surface area (Å²) in [6.45, 7) is 4.26. The average molecular weight is 448 g/mol. The number of rotatable bonds is 8. The Morgan fingerprint density at radius 2 is 1.90 bits per heavy atom. The fourth-order valence-corrected chi connectivity index (χ4v) is 4.61. The summed E-state index contributed by atoms with van der Waals surface area (Å²) >= 11 is 5.36. The normalized spacial score (nSPS) is 17.7. The van der Waals surface area contributed by atoms with Crippen molar-refractivity contribution in [2.24, 2.45) is 5.73 Å². The molecule has 0 aromatic heterocycles. The molecule has 0 radical (unpaired) electrons. The first-order valence-corrected chi connectivity index (χ1v) is 12.1. The number of hydrogen-bond donors (Lipinski definition) is 3. The van der Waals surface area contributed by atoms with Gasteiger partial charge in [-0.05, 0) is 68.7 Å². The van der Waals surface area contributed by atoms with Crippen LogP contribution >= 0.6 is 12.2 Å². The summed E-state index contributed by atoms with van der Waals surface area (Å²) < 4.78 is 5.92. The van der Waals surface area contributed by atoms with Gasteiger partial charge in [0.25, 0.3) is 0 Å². The predicted molar refractivity (Wildman–Crippen MR) is 128 cm³/mol. The predicted octanol–water partition coefficient (Wildman–Crippen LogP) is 3.53. The summed E-state index contributed by atoms with van der Waals surface area (Å²) in [7, 11) is 0. The van der Waals surface area contributed by atoms with Crippen LogP contribution in [0.2, 0.25) is 0 Å². The Hall–Kier alpha value is -2.06. The number of nitrogens with one attached hydrogen (secondary N) is 2. The molecule has 0 spiro atoms. The summed E-state index contributed by atoms with van der Waals surface area (Å²) in [4.78, 5) is 14.3. The van der Waals surface area contributed by atoms with E-state index in [2.05, 4.69) is 27.8 Å². The van der Waals surface area contributed by atoms with Crippen molar-refractivity contribution in [1.82, 2.24) is 20.7 Å². The highest BCUT2D eigenvalue weighted by Crippen LogP contribution is 2.18. The van der Waals surface area contributed by atoms with Crippen molar-refractivity contribution < 1.29 is 9.53 Å². The van der Waals surface area contributed by atoms with E-state index in [0.29, 0.717) is 30.7 Å². The van der Waals surface area contributed by atoms with Gasteiger partial charge in [-0.3, -0.25) is 10.3 Å². The van der Waals surface area contributed by atoms with E-state index in [-0.39, 0.29) is 0 Å². The second-order valence-corrected chi connectivity index (χ2v) is 9.00.